The van der Waals surface area contributed by atoms with Crippen LogP contribution in [0.2, 0.25) is 0 Å². The van der Waals surface area contributed by atoms with Crippen molar-refractivity contribution in [3.63, 3.8) is 0 Å². The van der Waals surface area contributed by atoms with E-state index < -0.39 is 0 Å². The Bertz CT molecular complexity index is 531. The van der Waals surface area contributed by atoms with Gasteiger partial charge in [0, 0.05) is 19.8 Å². The molecule has 0 saturated carbocycles. The molecule has 2 aromatic rings. The Balaban J connectivity index is 2.13. The normalized spacial score (nSPS) is 10.2. The van der Waals surface area contributed by atoms with Crippen LogP contribution in [-0.4, -0.2) is 17.0 Å². The number of nitrogens with zero attached hydrogens (tertiary/aromatic N) is 3. The predicted molar refractivity (Wildman–Crippen MR) is 68.3 cm³/mol. The molecule has 0 amide bonds. The van der Waals surface area contributed by atoms with Crippen LogP contribution in [0.15, 0.2) is 36.5 Å². The molecular weight excluding hydrogens is 233 g/mol. The van der Waals surface area contributed by atoms with E-state index in [0.29, 0.717) is 18.3 Å². The second-order valence-corrected chi connectivity index (χ2v) is 3.87. The highest BCUT2D eigenvalue weighted by molar-refractivity contribution is 5.42. The van der Waals surface area contributed by atoms with Gasteiger partial charge in [-0.2, -0.15) is 4.98 Å². The summed E-state index contributed by atoms with van der Waals surface area (Å²) < 4.78 is 13.1. The van der Waals surface area contributed by atoms with Crippen LogP contribution in [0.5, 0.6) is 0 Å². The molecule has 2 rings (SSSR count). The molecule has 6 heteroatoms. The van der Waals surface area contributed by atoms with E-state index in [1.165, 1.54) is 12.1 Å². The first kappa shape index (κ1) is 12.3. The minimum Gasteiger partial charge on any atom is -0.355 e. The minimum absolute atomic E-state index is 0.243. The van der Waals surface area contributed by atoms with Crippen molar-refractivity contribution in [1.82, 2.24) is 9.97 Å². The minimum atomic E-state index is -0.243. The summed E-state index contributed by atoms with van der Waals surface area (Å²) in [6.07, 6.45) is 1.61. The number of halogens is 1. The van der Waals surface area contributed by atoms with Crippen LogP contribution in [0, 0.1) is 5.82 Å². The van der Waals surface area contributed by atoms with Crippen molar-refractivity contribution >= 4 is 11.8 Å². The molecule has 1 heterocycles. The molecular formula is C12H14FN5. The van der Waals surface area contributed by atoms with Gasteiger partial charge in [0.1, 0.15) is 11.6 Å². The van der Waals surface area contributed by atoms with Crippen molar-refractivity contribution in [2.45, 2.75) is 6.54 Å². The molecule has 3 N–H and O–H groups in total. The molecule has 0 fully saturated rings. The van der Waals surface area contributed by atoms with Crippen molar-refractivity contribution in [3.05, 3.63) is 47.9 Å². The molecule has 0 aliphatic rings. The van der Waals surface area contributed by atoms with E-state index in [1.807, 2.05) is 18.0 Å². The van der Waals surface area contributed by atoms with Crippen LogP contribution in [0.25, 0.3) is 0 Å². The van der Waals surface area contributed by atoms with E-state index >= 15 is 0 Å². The first-order valence-corrected chi connectivity index (χ1v) is 5.44. The molecule has 18 heavy (non-hydrogen) atoms. The molecule has 0 radical (unpaired) electrons. The summed E-state index contributed by atoms with van der Waals surface area (Å²) in [5.41, 5.74) is 3.26. The maximum Gasteiger partial charge on any atom is 0.239 e. The fourth-order valence-electron chi connectivity index (χ4n) is 1.62. The average Bonchev–Trinajstić information content (AvgIpc) is 2.39. The van der Waals surface area contributed by atoms with Crippen LogP contribution in [0.4, 0.5) is 16.2 Å². The monoisotopic (exact) mass is 247 g/mol. The first-order chi connectivity index (χ1) is 8.69. The van der Waals surface area contributed by atoms with Crippen molar-refractivity contribution in [2.75, 3.05) is 17.4 Å². The van der Waals surface area contributed by atoms with Crippen LogP contribution in [-0.2, 0) is 6.54 Å². The number of benzene rings is 1. The predicted octanol–water partition coefficient (Wildman–Crippen LogP) is 1.54. The summed E-state index contributed by atoms with van der Waals surface area (Å²) >= 11 is 0. The molecule has 0 saturated heterocycles. The quantitative estimate of drug-likeness (QED) is 0.633. The van der Waals surface area contributed by atoms with E-state index in [4.69, 9.17) is 5.84 Å². The van der Waals surface area contributed by atoms with E-state index in [9.17, 15) is 4.39 Å². The Morgan fingerprint density at radius 2 is 2.22 bits per heavy atom. The summed E-state index contributed by atoms with van der Waals surface area (Å²) in [5.74, 6) is 6.06. The van der Waals surface area contributed by atoms with Gasteiger partial charge in [0.15, 0.2) is 0 Å². The van der Waals surface area contributed by atoms with Gasteiger partial charge in [0.25, 0.3) is 0 Å². The SMILES string of the molecule is CN(Cc1cccc(F)c1)c1ccnc(NN)n1. The number of anilines is 2. The Morgan fingerprint density at radius 3 is 2.94 bits per heavy atom. The van der Waals surface area contributed by atoms with Gasteiger partial charge in [0.2, 0.25) is 5.95 Å². The standard InChI is InChI=1S/C12H14FN5/c1-18(8-9-3-2-4-10(13)7-9)11-5-6-15-12(16-11)17-14/h2-7H,8,14H2,1H3,(H,15,16,17). The zero-order valence-electron chi connectivity index (χ0n) is 9.97. The Morgan fingerprint density at radius 1 is 1.39 bits per heavy atom. The van der Waals surface area contributed by atoms with Crippen LogP contribution in [0.3, 0.4) is 0 Å². The van der Waals surface area contributed by atoms with Gasteiger partial charge < -0.3 is 4.90 Å². The molecule has 5 nitrogen and oxygen atoms in total. The molecule has 0 unspecified atom stereocenters. The molecule has 0 aliphatic heterocycles. The van der Waals surface area contributed by atoms with Gasteiger partial charge in [-0.3, -0.25) is 5.43 Å². The highest BCUT2D eigenvalue weighted by Gasteiger charge is 2.05. The number of hydrazine groups is 1. The molecule has 1 aromatic carbocycles. The Hall–Kier alpha value is -2.21. The van der Waals surface area contributed by atoms with E-state index in [-0.39, 0.29) is 5.82 Å². The molecule has 0 atom stereocenters. The zero-order valence-corrected chi connectivity index (χ0v) is 9.97. The Kier molecular flexibility index (Phi) is 3.69. The lowest BCUT2D eigenvalue weighted by Crippen LogP contribution is -2.19. The molecule has 0 bridgehead atoms. The topological polar surface area (TPSA) is 67.1 Å². The summed E-state index contributed by atoms with van der Waals surface area (Å²) in [5, 5.41) is 0. The van der Waals surface area contributed by atoms with E-state index in [2.05, 4.69) is 15.4 Å². The number of hydrogen-bond donors (Lipinski definition) is 2. The van der Waals surface area contributed by atoms with Gasteiger partial charge in [-0.05, 0) is 23.8 Å². The lowest BCUT2D eigenvalue weighted by Gasteiger charge is -2.18. The maximum absolute atomic E-state index is 13.1. The number of aromatic nitrogens is 2. The third-order valence-electron chi connectivity index (χ3n) is 2.47. The number of hydrogen-bond acceptors (Lipinski definition) is 5. The van der Waals surface area contributed by atoms with Crippen LogP contribution in [0.1, 0.15) is 5.56 Å². The van der Waals surface area contributed by atoms with E-state index in [0.717, 1.165) is 5.56 Å². The number of nitrogens with one attached hydrogen (secondary N) is 1. The molecule has 94 valence electrons. The highest BCUT2D eigenvalue weighted by Crippen LogP contribution is 2.14. The third-order valence-corrected chi connectivity index (χ3v) is 2.47. The first-order valence-electron chi connectivity index (χ1n) is 5.44. The zero-order chi connectivity index (χ0) is 13.0. The number of nitrogen functional groups attached to an aromatic ring is 1. The van der Waals surface area contributed by atoms with Gasteiger partial charge >= 0.3 is 0 Å². The van der Waals surface area contributed by atoms with Crippen molar-refractivity contribution < 1.29 is 4.39 Å². The molecule has 1 aromatic heterocycles. The van der Waals surface area contributed by atoms with Crippen molar-refractivity contribution in [2.24, 2.45) is 5.84 Å². The fourth-order valence-corrected chi connectivity index (χ4v) is 1.62. The van der Waals surface area contributed by atoms with E-state index in [1.54, 1.807) is 18.3 Å². The Labute approximate surface area is 104 Å². The third kappa shape index (κ3) is 2.92. The smallest absolute Gasteiger partial charge is 0.239 e. The fraction of sp³-hybridized carbons (Fsp3) is 0.167. The molecule has 0 aliphatic carbocycles. The second kappa shape index (κ2) is 5.42. The highest BCUT2D eigenvalue weighted by atomic mass is 19.1. The second-order valence-electron chi connectivity index (χ2n) is 3.87. The number of nitrogens with two attached hydrogens (primary N) is 1. The average molecular weight is 247 g/mol. The van der Waals surface area contributed by atoms with Gasteiger partial charge in [-0.1, -0.05) is 12.1 Å². The summed E-state index contributed by atoms with van der Waals surface area (Å²) in [7, 11) is 1.87. The lowest BCUT2D eigenvalue weighted by molar-refractivity contribution is 0.625. The van der Waals surface area contributed by atoms with Crippen molar-refractivity contribution in [1.29, 1.82) is 0 Å². The van der Waals surface area contributed by atoms with Crippen molar-refractivity contribution in [3.8, 4) is 0 Å². The number of rotatable bonds is 4. The summed E-state index contributed by atoms with van der Waals surface area (Å²) in [6, 6.07) is 8.23. The van der Waals surface area contributed by atoms with Gasteiger partial charge in [0.05, 0.1) is 0 Å². The molecule has 0 spiro atoms. The summed E-state index contributed by atoms with van der Waals surface area (Å²) in [4.78, 5) is 10.0. The van der Waals surface area contributed by atoms with Gasteiger partial charge in [-0.15, -0.1) is 0 Å². The summed E-state index contributed by atoms with van der Waals surface area (Å²) in [6.45, 7) is 0.554. The van der Waals surface area contributed by atoms with Crippen LogP contribution < -0.4 is 16.2 Å². The van der Waals surface area contributed by atoms with Gasteiger partial charge in [-0.25, -0.2) is 15.2 Å². The van der Waals surface area contributed by atoms with Crippen LogP contribution >= 0.6 is 0 Å². The maximum atomic E-state index is 13.1. The lowest BCUT2D eigenvalue weighted by atomic mass is 10.2. The largest absolute Gasteiger partial charge is 0.355 e.